The SMILES string of the molecule is O=C(OC[C@H]1O[C@@](CO)(O[C@H]2O[C@H](CO)[C@@H](O)[C@H](O)[C@H]2O)[C@@H](O)[C@@H]1O)c1ccccc1. The zero-order valence-corrected chi connectivity index (χ0v) is 16.3. The molecule has 0 radical (unpaired) electrons. The van der Waals surface area contributed by atoms with Gasteiger partial charge >= 0.3 is 5.97 Å². The highest BCUT2D eigenvalue weighted by Gasteiger charge is 2.58. The molecule has 0 saturated carbocycles. The molecule has 2 fully saturated rings. The third-order valence-corrected chi connectivity index (χ3v) is 5.28. The van der Waals surface area contributed by atoms with Gasteiger partial charge in [0.25, 0.3) is 0 Å². The summed E-state index contributed by atoms with van der Waals surface area (Å²) in [6.07, 6.45) is -13.1. The Morgan fingerprint density at radius 1 is 0.935 bits per heavy atom. The van der Waals surface area contributed by atoms with Crippen LogP contribution in [0.5, 0.6) is 0 Å². The molecule has 0 spiro atoms. The molecule has 1 aromatic rings. The van der Waals surface area contributed by atoms with Crippen molar-refractivity contribution in [3.05, 3.63) is 35.9 Å². The van der Waals surface area contributed by atoms with E-state index in [1.807, 2.05) is 0 Å². The van der Waals surface area contributed by atoms with Crippen LogP contribution in [0.15, 0.2) is 30.3 Å². The van der Waals surface area contributed by atoms with Crippen molar-refractivity contribution in [2.45, 2.75) is 54.8 Å². The first-order valence-corrected chi connectivity index (χ1v) is 9.59. The number of hydrogen-bond acceptors (Lipinski definition) is 12. The van der Waals surface area contributed by atoms with Gasteiger partial charge < -0.3 is 54.7 Å². The fourth-order valence-electron chi connectivity index (χ4n) is 3.43. The molecule has 12 nitrogen and oxygen atoms in total. The van der Waals surface area contributed by atoms with Gasteiger partial charge in [-0.05, 0) is 12.1 Å². The zero-order valence-electron chi connectivity index (χ0n) is 16.3. The van der Waals surface area contributed by atoms with Crippen LogP contribution in [-0.2, 0) is 18.9 Å². The van der Waals surface area contributed by atoms with Gasteiger partial charge in [0.05, 0.1) is 12.2 Å². The summed E-state index contributed by atoms with van der Waals surface area (Å²) in [5, 5.41) is 69.6. The number of aliphatic hydroxyl groups is 7. The van der Waals surface area contributed by atoms with Crippen molar-refractivity contribution >= 4 is 5.97 Å². The molecular formula is C19H26O12. The summed E-state index contributed by atoms with van der Waals surface area (Å²) in [5.74, 6) is -3.01. The molecule has 174 valence electrons. The normalized spacial score (nSPS) is 40.6. The molecule has 0 unspecified atom stereocenters. The quantitative estimate of drug-likeness (QED) is 0.204. The molecule has 7 N–H and O–H groups in total. The van der Waals surface area contributed by atoms with Crippen LogP contribution in [0, 0.1) is 0 Å². The maximum Gasteiger partial charge on any atom is 0.338 e. The van der Waals surface area contributed by atoms with E-state index in [1.54, 1.807) is 18.2 Å². The van der Waals surface area contributed by atoms with E-state index in [0.717, 1.165) is 0 Å². The molecule has 1 aromatic carbocycles. The third-order valence-electron chi connectivity index (χ3n) is 5.28. The maximum atomic E-state index is 12.1. The fourth-order valence-corrected chi connectivity index (χ4v) is 3.43. The molecule has 2 heterocycles. The van der Waals surface area contributed by atoms with Crippen LogP contribution in [0.1, 0.15) is 10.4 Å². The maximum absolute atomic E-state index is 12.1. The second kappa shape index (κ2) is 9.83. The Bertz CT molecular complexity index is 730. The predicted molar refractivity (Wildman–Crippen MR) is 98.3 cm³/mol. The molecule has 0 aromatic heterocycles. The average molecular weight is 446 g/mol. The highest BCUT2D eigenvalue weighted by atomic mass is 16.8. The summed E-state index contributed by atoms with van der Waals surface area (Å²) in [6, 6.07) is 8.01. The van der Waals surface area contributed by atoms with Crippen molar-refractivity contribution in [3.63, 3.8) is 0 Å². The van der Waals surface area contributed by atoms with Gasteiger partial charge in [0.2, 0.25) is 5.79 Å². The van der Waals surface area contributed by atoms with Crippen LogP contribution in [0.2, 0.25) is 0 Å². The number of aliphatic hydroxyl groups excluding tert-OH is 7. The van der Waals surface area contributed by atoms with Crippen LogP contribution in [-0.4, -0.2) is 116 Å². The van der Waals surface area contributed by atoms with Crippen molar-refractivity contribution in [3.8, 4) is 0 Å². The summed E-state index contributed by atoms with van der Waals surface area (Å²) in [4.78, 5) is 12.1. The monoisotopic (exact) mass is 446 g/mol. The lowest BCUT2D eigenvalue weighted by Crippen LogP contribution is -2.62. The van der Waals surface area contributed by atoms with Crippen molar-refractivity contribution in [2.75, 3.05) is 19.8 Å². The highest BCUT2D eigenvalue weighted by molar-refractivity contribution is 5.89. The second-order valence-corrected chi connectivity index (χ2v) is 7.34. The Morgan fingerprint density at radius 2 is 1.61 bits per heavy atom. The molecule has 0 bridgehead atoms. The van der Waals surface area contributed by atoms with E-state index in [1.165, 1.54) is 12.1 Å². The molecule has 0 aliphatic carbocycles. The highest BCUT2D eigenvalue weighted by Crippen LogP contribution is 2.36. The minimum Gasteiger partial charge on any atom is -0.459 e. The first-order valence-electron chi connectivity index (χ1n) is 9.59. The van der Waals surface area contributed by atoms with E-state index >= 15 is 0 Å². The van der Waals surface area contributed by atoms with Crippen LogP contribution in [0.25, 0.3) is 0 Å². The van der Waals surface area contributed by atoms with E-state index in [4.69, 9.17) is 18.9 Å². The first kappa shape index (κ1) is 23.9. The Kier molecular flexibility index (Phi) is 7.59. The van der Waals surface area contributed by atoms with Crippen molar-refractivity contribution in [1.82, 2.24) is 0 Å². The van der Waals surface area contributed by atoms with E-state index in [-0.39, 0.29) is 5.56 Å². The first-order chi connectivity index (χ1) is 14.7. The van der Waals surface area contributed by atoms with Gasteiger partial charge in [-0.15, -0.1) is 0 Å². The topological polar surface area (TPSA) is 196 Å². The van der Waals surface area contributed by atoms with Crippen molar-refractivity contribution in [1.29, 1.82) is 0 Å². The van der Waals surface area contributed by atoms with Gasteiger partial charge in [-0.2, -0.15) is 0 Å². The molecule has 12 heteroatoms. The summed E-state index contributed by atoms with van der Waals surface area (Å²) >= 11 is 0. The average Bonchev–Trinajstić information content (AvgIpc) is 3.03. The van der Waals surface area contributed by atoms with Crippen molar-refractivity contribution in [2.24, 2.45) is 0 Å². The van der Waals surface area contributed by atoms with Crippen LogP contribution >= 0.6 is 0 Å². The van der Waals surface area contributed by atoms with Gasteiger partial charge in [0, 0.05) is 0 Å². The van der Waals surface area contributed by atoms with Crippen molar-refractivity contribution < 1.29 is 59.5 Å². The standard InChI is InChI=1S/C19H26O12/c20-6-10-12(22)14(24)15(25)18(29-10)31-19(8-21)16(26)13(23)11(30-19)7-28-17(27)9-4-2-1-3-5-9/h1-5,10-16,18,20-26H,6-8H2/t10-,11-,12-,13-,14+,15-,16+,18-,19+/m1/s1. The lowest BCUT2D eigenvalue weighted by atomic mass is 9.99. The van der Waals surface area contributed by atoms with E-state index in [0.29, 0.717) is 0 Å². The number of ether oxygens (including phenoxy) is 4. The van der Waals surface area contributed by atoms with Gasteiger partial charge in [-0.3, -0.25) is 0 Å². The van der Waals surface area contributed by atoms with E-state index < -0.39 is 80.6 Å². The van der Waals surface area contributed by atoms with Crippen LogP contribution in [0.3, 0.4) is 0 Å². The Hall–Kier alpha value is -1.71. The van der Waals surface area contributed by atoms with Gasteiger partial charge in [0.1, 0.15) is 55.9 Å². The molecule has 31 heavy (non-hydrogen) atoms. The minimum absolute atomic E-state index is 0.251. The number of hydrogen-bond donors (Lipinski definition) is 7. The predicted octanol–water partition coefficient (Wildman–Crippen LogP) is -3.53. The molecule has 2 saturated heterocycles. The smallest absolute Gasteiger partial charge is 0.338 e. The summed E-state index contributed by atoms with van der Waals surface area (Å²) in [6.45, 7) is -2.23. The summed E-state index contributed by atoms with van der Waals surface area (Å²) < 4.78 is 21.1. The number of carbonyl (C=O) groups excluding carboxylic acids is 1. The molecule has 3 rings (SSSR count). The van der Waals surface area contributed by atoms with Crippen LogP contribution < -0.4 is 0 Å². The third kappa shape index (κ3) is 4.73. The number of esters is 1. The fraction of sp³-hybridized carbons (Fsp3) is 0.632. The number of carbonyl (C=O) groups is 1. The Labute approximate surface area is 176 Å². The van der Waals surface area contributed by atoms with Gasteiger partial charge in [-0.1, -0.05) is 18.2 Å². The minimum atomic E-state index is -2.31. The zero-order chi connectivity index (χ0) is 22.8. The lowest BCUT2D eigenvalue weighted by Gasteiger charge is -2.43. The summed E-state index contributed by atoms with van der Waals surface area (Å²) in [7, 11) is 0. The number of rotatable bonds is 7. The van der Waals surface area contributed by atoms with Gasteiger partial charge in [-0.25, -0.2) is 4.79 Å². The molecule has 2 aliphatic rings. The summed E-state index contributed by atoms with van der Waals surface area (Å²) in [5.41, 5.74) is 0.251. The molecule has 9 atom stereocenters. The van der Waals surface area contributed by atoms with Crippen LogP contribution in [0.4, 0.5) is 0 Å². The molecule has 2 aliphatic heterocycles. The Morgan fingerprint density at radius 3 is 2.23 bits per heavy atom. The number of benzene rings is 1. The Balaban J connectivity index is 1.68. The van der Waals surface area contributed by atoms with E-state index in [9.17, 15) is 40.5 Å². The largest absolute Gasteiger partial charge is 0.459 e. The second-order valence-electron chi connectivity index (χ2n) is 7.34. The van der Waals surface area contributed by atoms with Gasteiger partial charge in [0.15, 0.2) is 6.29 Å². The van der Waals surface area contributed by atoms with E-state index in [2.05, 4.69) is 0 Å². The lowest BCUT2D eigenvalue weighted by molar-refractivity contribution is -0.383. The molecular weight excluding hydrogens is 420 g/mol. The molecule has 0 amide bonds.